The average Bonchev–Trinajstić information content (AvgIpc) is 2.39. The minimum absolute atomic E-state index is 0.680. The average molecular weight is 252 g/mol. The van der Waals surface area contributed by atoms with Crippen LogP contribution in [-0.4, -0.2) is 86.2 Å². The largest absolute Gasteiger partial charge is 0.310 e. The number of fused-ring (bicyclic) bond motifs is 1. The van der Waals surface area contributed by atoms with Crippen LogP contribution in [0.1, 0.15) is 19.3 Å². The van der Waals surface area contributed by atoms with E-state index in [1.165, 1.54) is 65.1 Å². The zero-order valence-corrected chi connectivity index (χ0v) is 11.8. The van der Waals surface area contributed by atoms with Gasteiger partial charge in [-0.3, -0.25) is 9.80 Å². The Morgan fingerprint density at radius 2 is 2.00 bits per heavy atom. The van der Waals surface area contributed by atoms with Crippen LogP contribution in [0.15, 0.2) is 0 Å². The van der Waals surface area contributed by atoms with Gasteiger partial charge in [0.15, 0.2) is 0 Å². The molecule has 3 rings (SSSR count). The summed E-state index contributed by atoms with van der Waals surface area (Å²) in [5.41, 5.74) is 0. The molecule has 0 saturated carbocycles. The monoisotopic (exact) mass is 252 g/mol. The number of piperazine rings is 2. The predicted molar refractivity (Wildman–Crippen MR) is 74.9 cm³/mol. The molecule has 0 bridgehead atoms. The fraction of sp³-hybridized carbons (Fsp3) is 1.00. The normalized spacial score (nSPS) is 36.5. The van der Waals surface area contributed by atoms with Crippen molar-refractivity contribution in [3.63, 3.8) is 0 Å². The molecule has 0 radical (unpaired) electrons. The van der Waals surface area contributed by atoms with Crippen molar-refractivity contribution in [3.8, 4) is 0 Å². The van der Waals surface area contributed by atoms with Crippen LogP contribution in [0.2, 0.25) is 0 Å². The molecule has 3 heterocycles. The molecule has 3 saturated heterocycles. The lowest BCUT2D eigenvalue weighted by Crippen LogP contribution is -2.59. The molecule has 3 fully saturated rings. The molecule has 4 heteroatoms. The topological polar surface area (TPSA) is 21.8 Å². The Labute approximate surface area is 111 Å². The molecule has 104 valence electrons. The van der Waals surface area contributed by atoms with Gasteiger partial charge in [0, 0.05) is 57.9 Å². The van der Waals surface area contributed by atoms with E-state index in [-0.39, 0.29) is 0 Å². The maximum absolute atomic E-state index is 3.67. The second-order valence-corrected chi connectivity index (χ2v) is 6.36. The first kappa shape index (κ1) is 12.9. The first-order valence-electron chi connectivity index (χ1n) is 7.69. The second-order valence-electron chi connectivity index (χ2n) is 6.36. The summed E-state index contributed by atoms with van der Waals surface area (Å²) >= 11 is 0. The third-order valence-electron chi connectivity index (χ3n) is 4.86. The number of rotatable bonds is 2. The molecule has 0 aromatic carbocycles. The van der Waals surface area contributed by atoms with Gasteiger partial charge in [0.2, 0.25) is 0 Å². The van der Waals surface area contributed by atoms with Crippen LogP contribution in [0.4, 0.5) is 0 Å². The van der Waals surface area contributed by atoms with E-state index in [4.69, 9.17) is 0 Å². The first-order valence-corrected chi connectivity index (χ1v) is 7.69. The number of nitrogens with zero attached hydrogens (tertiary/aromatic N) is 3. The second kappa shape index (κ2) is 5.87. The molecule has 0 aliphatic carbocycles. The van der Waals surface area contributed by atoms with Crippen molar-refractivity contribution < 1.29 is 0 Å². The van der Waals surface area contributed by atoms with Gasteiger partial charge < -0.3 is 10.2 Å². The van der Waals surface area contributed by atoms with Crippen molar-refractivity contribution in [1.82, 2.24) is 20.0 Å². The molecule has 1 N–H and O–H groups in total. The van der Waals surface area contributed by atoms with E-state index in [1.807, 2.05) is 0 Å². The van der Waals surface area contributed by atoms with Gasteiger partial charge in [-0.25, -0.2) is 0 Å². The Bertz CT molecular complexity index is 271. The van der Waals surface area contributed by atoms with E-state index >= 15 is 0 Å². The number of piperidine rings is 1. The van der Waals surface area contributed by atoms with Crippen molar-refractivity contribution in [2.75, 3.05) is 59.4 Å². The van der Waals surface area contributed by atoms with Crippen molar-refractivity contribution >= 4 is 0 Å². The lowest BCUT2D eigenvalue weighted by molar-refractivity contribution is 0.0406. The van der Waals surface area contributed by atoms with E-state index in [0.29, 0.717) is 6.04 Å². The molecule has 0 aromatic heterocycles. The highest BCUT2D eigenvalue weighted by Crippen LogP contribution is 2.21. The Balaban J connectivity index is 1.48. The standard InChI is InChI=1S/C14H28N4/c1-16-7-5-15-13(10-16)11-17-8-9-18-6-3-2-4-14(18)12-17/h13-15H,2-12H2,1H3. The third-order valence-corrected chi connectivity index (χ3v) is 4.86. The van der Waals surface area contributed by atoms with Gasteiger partial charge >= 0.3 is 0 Å². The zero-order chi connectivity index (χ0) is 12.4. The molecule has 3 aliphatic heterocycles. The van der Waals surface area contributed by atoms with E-state index in [0.717, 1.165) is 12.6 Å². The molecule has 4 nitrogen and oxygen atoms in total. The summed E-state index contributed by atoms with van der Waals surface area (Å²) in [4.78, 5) is 7.88. The fourth-order valence-electron chi connectivity index (χ4n) is 3.81. The fourth-order valence-corrected chi connectivity index (χ4v) is 3.81. The number of likely N-dealkylation sites (N-methyl/N-ethyl adjacent to an activating group) is 1. The molecule has 18 heavy (non-hydrogen) atoms. The summed E-state index contributed by atoms with van der Waals surface area (Å²) in [6.07, 6.45) is 4.29. The molecule has 0 amide bonds. The zero-order valence-electron chi connectivity index (χ0n) is 11.8. The Kier molecular flexibility index (Phi) is 4.19. The summed E-state index contributed by atoms with van der Waals surface area (Å²) in [6.45, 7) is 10.0. The lowest BCUT2D eigenvalue weighted by atomic mass is 9.99. The lowest BCUT2D eigenvalue weighted by Gasteiger charge is -2.45. The quantitative estimate of drug-likeness (QED) is 0.750. The van der Waals surface area contributed by atoms with E-state index in [9.17, 15) is 0 Å². The van der Waals surface area contributed by atoms with Crippen molar-refractivity contribution in [1.29, 1.82) is 0 Å². The SMILES string of the molecule is CN1CCNC(CN2CCN3CCCCC3C2)C1. The molecule has 0 spiro atoms. The van der Waals surface area contributed by atoms with Crippen LogP contribution in [0, 0.1) is 0 Å². The smallest absolute Gasteiger partial charge is 0.0323 e. The molecule has 2 atom stereocenters. The molecule has 0 aromatic rings. The van der Waals surface area contributed by atoms with Crippen molar-refractivity contribution in [3.05, 3.63) is 0 Å². The Morgan fingerprint density at radius 1 is 1.06 bits per heavy atom. The number of nitrogens with one attached hydrogen (secondary N) is 1. The maximum Gasteiger partial charge on any atom is 0.0323 e. The molecule has 2 unspecified atom stereocenters. The van der Waals surface area contributed by atoms with Crippen LogP contribution in [0.3, 0.4) is 0 Å². The van der Waals surface area contributed by atoms with Crippen LogP contribution in [-0.2, 0) is 0 Å². The molecule has 3 aliphatic rings. The van der Waals surface area contributed by atoms with Crippen LogP contribution < -0.4 is 5.32 Å². The van der Waals surface area contributed by atoms with Crippen LogP contribution in [0.25, 0.3) is 0 Å². The van der Waals surface area contributed by atoms with Crippen molar-refractivity contribution in [2.24, 2.45) is 0 Å². The highest BCUT2D eigenvalue weighted by molar-refractivity contribution is 4.88. The number of hydrogen-bond acceptors (Lipinski definition) is 4. The van der Waals surface area contributed by atoms with Gasteiger partial charge in [0.25, 0.3) is 0 Å². The predicted octanol–water partition coefficient (Wildman–Crippen LogP) is 0.0601. The summed E-state index contributed by atoms with van der Waals surface area (Å²) in [5.74, 6) is 0. The number of hydrogen-bond donors (Lipinski definition) is 1. The summed E-state index contributed by atoms with van der Waals surface area (Å²) in [7, 11) is 2.24. The Morgan fingerprint density at radius 3 is 2.89 bits per heavy atom. The summed E-state index contributed by atoms with van der Waals surface area (Å²) in [5, 5.41) is 3.67. The third kappa shape index (κ3) is 3.05. The first-order chi connectivity index (χ1) is 8.81. The van der Waals surface area contributed by atoms with Crippen molar-refractivity contribution in [2.45, 2.75) is 31.3 Å². The van der Waals surface area contributed by atoms with Crippen LogP contribution in [0.5, 0.6) is 0 Å². The Hall–Kier alpha value is -0.160. The van der Waals surface area contributed by atoms with Gasteiger partial charge in [-0.2, -0.15) is 0 Å². The van der Waals surface area contributed by atoms with E-state index in [1.54, 1.807) is 0 Å². The van der Waals surface area contributed by atoms with E-state index in [2.05, 4.69) is 27.1 Å². The minimum atomic E-state index is 0.680. The minimum Gasteiger partial charge on any atom is -0.310 e. The van der Waals surface area contributed by atoms with Crippen LogP contribution >= 0.6 is 0 Å². The highest BCUT2D eigenvalue weighted by atomic mass is 15.3. The van der Waals surface area contributed by atoms with Gasteiger partial charge in [-0.1, -0.05) is 6.42 Å². The molecular formula is C14H28N4. The van der Waals surface area contributed by atoms with Gasteiger partial charge in [0.05, 0.1) is 0 Å². The van der Waals surface area contributed by atoms with Gasteiger partial charge in [-0.15, -0.1) is 0 Å². The highest BCUT2D eigenvalue weighted by Gasteiger charge is 2.30. The maximum atomic E-state index is 3.67. The van der Waals surface area contributed by atoms with E-state index < -0.39 is 0 Å². The van der Waals surface area contributed by atoms with Gasteiger partial charge in [0.1, 0.15) is 0 Å². The molecular weight excluding hydrogens is 224 g/mol. The summed E-state index contributed by atoms with van der Waals surface area (Å²) in [6, 6.07) is 1.53. The summed E-state index contributed by atoms with van der Waals surface area (Å²) < 4.78 is 0. The van der Waals surface area contributed by atoms with Gasteiger partial charge in [-0.05, 0) is 26.4 Å².